The van der Waals surface area contributed by atoms with E-state index in [0.717, 1.165) is 6.20 Å². The van der Waals surface area contributed by atoms with Crippen LogP contribution in [0.15, 0.2) is 18.5 Å². The molecule has 7 heteroatoms. The molecule has 3 N–H and O–H groups in total. The summed E-state index contributed by atoms with van der Waals surface area (Å²) in [4.78, 5) is 15.0. The van der Waals surface area contributed by atoms with Gasteiger partial charge in [0.15, 0.2) is 5.75 Å². The van der Waals surface area contributed by atoms with Gasteiger partial charge in [0, 0.05) is 6.20 Å². The molecular formula is C11H12F2N2O3. The number of nitrogens with one attached hydrogen (secondary N) is 1. The molecule has 1 aliphatic carbocycles. The number of rotatable bonds is 3. The van der Waals surface area contributed by atoms with Crippen LogP contribution in [-0.2, 0) is 4.79 Å². The Morgan fingerprint density at radius 1 is 1.50 bits per heavy atom. The number of hydrogen-bond acceptors (Lipinski definition) is 4. The maximum atomic E-state index is 13.7. The van der Waals surface area contributed by atoms with Crippen molar-refractivity contribution < 1.29 is 23.8 Å². The number of aliphatic hydroxyl groups is 1. The van der Waals surface area contributed by atoms with E-state index in [4.69, 9.17) is 0 Å². The van der Waals surface area contributed by atoms with Gasteiger partial charge in [-0.05, 0) is 25.3 Å². The Labute approximate surface area is 101 Å². The number of pyridine rings is 1. The van der Waals surface area contributed by atoms with Crippen LogP contribution in [0.25, 0.3) is 0 Å². The smallest absolute Gasteiger partial charge is 0.352 e. The third-order valence-corrected chi connectivity index (χ3v) is 3.10. The van der Waals surface area contributed by atoms with Crippen LogP contribution in [0.5, 0.6) is 5.75 Å². The normalized spacial score (nSPS) is 17.9. The number of halogens is 2. The zero-order valence-electron chi connectivity index (χ0n) is 9.36. The third kappa shape index (κ3) is 1.90. The van der Waals surface area contributed by atoms with Crippen molar-refractivity contribution in [2.24, 2.45) is 0 Å². The first-order chi connectivity index (χ1) is 8.37. The number of amides is 1. The molecule has 1 aromatic rings. The van der Waals surface area contributed by atoms with Gasteiger partial charge >= 0.3 is 5.92 Å². The molecule has 5 nitrogen and oxygen atoms in total. The summed E-state index contributed by atoms with van der Waals surface area (Å²) in [5.41, 5.74) is -2.45. The van der Waals surface area contributed by atoms with Gasteiger partial charge in [-0.15, -0.1) is 0 Å². The second-order valence-corrected chi connectivity index (χ2v) is 4.31. The van der Waals surface area contributed by atoms with Crippen molar-refractivity contribution in [1.82, 2.24) is 4.98 Å². The lowest BCUT2D eigenvalue weighted by molar-refractivity contribution is -0.212. The van der Waals surface area contributed by atoms with Crippen molar-refractivity contribution in [2.45, 2.75) is 30.8 Å². The minimum absolute atomic E-state index is 0.115. The summed E-state index contributed by atoms with van der Waals surface area (Å²) in [7, 11) is 0. The minimum Gasteiger partial charge on any atom is -0.504 e. The number of alkyl halides is 2. The highest BCUT2D eigenvalue weighted by Crippen LogP contribution is 2.44. The van der Waals surface area contributed by atoms with Crippen LogP contribution in [0.2, 0.25) is 0 Å². The van der Waals surface area contributed by atoms with Gasteiger partial charge in [-0.25, -0.2) is 0 Å². The maximum absolute atomic E-state index is 13.7. The van der Waals surface area contributed by atoms with E-state index in [1.54, 1.807) is 0 Å². The van der Waals surface area contributed by atoms with Crippen LogP contribution < -0.4 is 5.32 Å². The molecule has 1 aromatic heterocycles. The van der Waals surface area contributed by atoms with Crippen LogP contribution in [0.3, 0.4) is 0 Å². The summed E-state index contributed by atoms with van der Waals surface area (Å²) >= 11 is 0. The summed E-state index contributed by atoms with van der Waals surface area (Å²) in [6, 6.07) is 1.19. The Morgan fingerprint density at radius 3 is 2.67 bits per heavy atom. The molecule has 1 saturated carbocycles. The Bertz CT molecular complexity index is 475. The molecule has 0 bridgehead atoms. The largest absolute Gasteiger partial charge is 0.504 e. The van der Waals surface area contributed by atoms with E-state index in [1.807, 2.05) is 5.32 Å². The zero-order chi connectivity index (χ0) is 13.4. The topological polar surface area (TPSA) is 82.5 Å². The monoisotopic (exact) mass is 258 g/mol. The van der Waals surface area contributed by atoms with E-state index in [-0.39, 0.29) is 18.5 Å². The number of hydrogen-bond donors (Lipinski definition) is 3. The Hall–Kier alpha value is -1.76. The first-order valence-corrected chi connectivity index (χ1v) is 5.41. The average molecular weight is 258 g/mol. The van der Waals surface area contributed by atoms with E-state index < -0.39 is 23.2 Å². The van der Waals surface area contributed by atoms with Crippen molar-refractivity contribution >= 4 is 11.6 Å². The summed E-state index contributed by atoms with van der Waals surface area (Å²) in [5, 5.41) is 20.8. The fourth-order valence-electron chi connectivity index (χ4n) is 1.73. The predicted molar refractivity (Wildman–Crippen MR) is 58.3 cm³/mol. The number of aromatic nitrogens is 1. The quantitative estimate of drug-likeness (QED) is 0.762. The highest BCUT2D eigenvalue weighted by atomic mass is 19.3. The molecule has 0 spiro atoms. The van der Waals surface area contributed by atoms with Crippen molar-refractivity contribution in [3.63, 3.8) is 0 Å². The van der Waals surface area contributed by atoms with Crippen LogP contribution in [0.4, 0.5) is 14.5 Å². The van der Waals surface area contributed by atoms with Gasteiger partial charge in [0.2, 0.25) is 0 Å². The maximum Gasteiger partial charge on any atom is 0.352 e. The van der Waals surface area contributed by atoms with Crippen molar-refractivity contribution in [1.29, 1.82) is 0 Å². The molecular weight excluding hydrogens is 246 g/mol. The number of anilines is 1. The van der Waals surface area contributed by atoms with E-state index in [0.29, 0.717) is 6.42 Å². The molecule has 0 aromatic carbocycles. The summed E-state index contributed by atoms with van der Waals surface area (Å²) in [6.45, 7) is 0. The molecule has 98 valence electrons. The highest BCUT2D eigenvalue weighted by molar-refractivity contribution is 5.98. The van der Waals surface area contributed by atoms with Gasteiger partial charge < -0.3 is 15.5 Å². The second-order valence-electron chi connectivity index (χ2n) is 4.31. The van der Waals surface area contributed by atoms with Crippen molar-refractivity contribution in [3.05, 3.63) is 18.5 Å². The lowest BCUT2D eigenvalue weighted by atomic mass is 9.75. The molecule has 2 rings (SSSR count). The van der Waals surface area contributed by atoms with Gasteiger partial charge in [-0.2, -0.15) is 8.78 Å². The fraction of sp³-hybridized carbons (Fsp3) is 0.455. The number of carbonyl (C=O) groups is 1. The van der Waals surface area contributed by atoms with E-state index >= 15 is 0 Å². The van der Waals surface area contributed by atoms with E-state index in [1.165, 1.54) is 12.3 Å². The lowest BCUT2D eigenvalue weighted by Crippen LogP contribution is -2.59. The molecule has 1 heterocycles. The van der Waals surface area contributed by atoms with E-state index in [9.17, 15) is 23.8 Å². The fourth-order valence-corrected chi connectivity index (χ4v) is 1.73. The van der Waals surface area contributed by atoms with Crippen LogP contribution in [-0.4, -0.2) is 32.6 Å². The molecule has 1 amide bonds. The molecule has 0 radical (unpaired) electrons. The molecule has 0 unspecified atom stereocenters. The second kappa shape index (κ2) is 4.16. The van der Waals surface area contributed by atoms with Gasteiger partial charge in [-0.1, -0.05) is 0 Å². The first-order valence-electron chi connectivity index (χ1n) is 5.41. The van der Waals surface area contributed by atoms with Crippen LogP contribution >= 0.6 is 0 Å². The lowest BCUT2D eigenvalue weighted by Gasteiger charge is -2.41. The Morgan fingerprint density at radius 2 is 2.17 bits per heavy atom. The predicted octanol–water partition coefficient (Wildman–Crippen LogP) is 1.28. The Balaban J connectivity index is 2.15. The van der Waals surface area contributed by atoms with E-state index in [2.05, 4.69) is 4.98 Å². The zero-order valence-corrected chi connectivity index (χ0v) is 9.36. The van der Waals surface area contributed by atoms with Crippen LogP contribution in [0, 0.1) is 0 Å². The number of aromatic hydroxyl groups is 1. The summed E-state index contributed by atoms with van der Waals surface area (Å²) in [6.07, 6.45) is 2.49. The van der Waals surface area contributed by atoms with Gasteiger partial charge in [0.25, 0.3) is 5.91 Å². The molecule has 0 atom stereocenters. The van der Waals surface area contributed by atoms with Gasteiger partial charge in [-0.3, -0.25) is 9.78 Å². The highest BCUT2D eigenvalue weighted by Gasteiger charge is 2.61. The third-order valence-electron chi connectivity index (χ3n) is 3.10. The molecule has 18 heavy (non-hydrogen) atoms. The van der Waals surface area contributed by atoms with Crippen molar-refractivity contribution in [2.75, 3.05) is 5.32 Å². The molecule has 0 saturated heterocycles. The number of carbonyl (C=O) groups excluding carboxylic acids is 1. The van der Waals surface area contributed by atoms with Crippen LogP contribution in [0.1, 0.15) is 19.3 Å². The average Bonchev–Trinajstić information content (AvgIpc) is 2.28. The van der Waals surface area contributed by atoms with Crippen molar-refractivity contribution in [3.8, 4) is 5.75 Å². The van der Waals surface area contributed by atoms with Gasteiger partial charge in [0.05, 0.1) is 11.9 Å². The molecule has 1 aliphatic rings. The minimum atomic E-state index is -3.89. The summed E-state index contributed by atoms with van der Waals surface area (Å²) < 4.78 is 27.4. The number of nitrogens with zero attached hydrogens (tertiary/aromatic N) is 1. The standard InChI is InChI=1S/C11H12F2N2O3/c12-11(13,10(18)3-1-4-10)9(17)15-7-2-5-14-6-8(7)16/h2,5-6,16,18H,1,3-4H2,(H,14,15,17). The SMILES string of the molecule is O=C(Nc1ccncc1O)C(F)(F)C1(O)CCC1. The Kier molecular flexibility index (Phi) is 2.94. The van der Waals surface area contributed by atoms with Gasteiger partial charge in [0.1, 0.15) is 5.60 Å². The molecule has 0 aliphatic heterocycles. The first kappa shape index (κ1) is 12.7. The molecule has 1 fully saturated rings. The summed E-state index contributed by atoms with van der Waals surface area (Å²) in [5.74, 6) is -5.94.